The fourth-order valence-corrected chi connectivity index (χ4v) is 3.73. The van der Waals surface area contributed by atoms with E-state index in [4.69, 9.17) is 4.42 Å². The maximum absolute atomic E-state index is 11.8. The highest BCUT2D eigenvalue weighted by atomic mass is 32.2. The maximum Gasteiger partial charge on any atom is 0.336 e. The predicted molar refractivity (Wildman–Crippen MR) is 100 cm³/mol. The number of Topliss-reactive ketones (excluding diaryl/α,β-unsaturated/α-hetero) is 1. The van der Waals surface area contributed by atoms with Crippen LogP contribution < -0.4 is 5.63 Å². The molecule has 0 bridgehead atoms. The van der Waals surface area contributed by atoms with Crippen LogP contribution in [0.1, 0.15) is 39.7 Å². The number of ketones is 1. The molecule has 3 rings (SSSR count). The summed E-state index contributed by atoms with van der Waals surface area (Å²) < 4.78 is 5.27. The van der Waals surface area contributed by atoms with Crippen LogP contribution in [-0.4, -0.2) is 10.8 Å². The Morgan fingerprint density at radius 2 is 2.04 bits per heavy atom. The molecule has 2 heterocycles. The topological polar surface area (TPSA) is 84.0 Å². The van der Waals surface area contributed by atoms with Gasteiger partial charge in [-0.3, -0.25) is 4.79 Å². The number of fused-ring (bicyclic) bond motifs is 1. The molecule has 26 heavy (non-hydrogen) atoms. The van der Waals surface area contributed by atoms with E-state index in [0.717, 1.165) is 16.5 Å². The number of carbonyl (C=O) groups excluding carboxylic acids is 1. The fourth-order valence-electron chi connectivity index (χ4n) is 2.73. The molecule has 1 aromatic carbocycles. The number of benzene rings is 1. The molecule has 6 heteroatoms. The van der Waals surface area contributed by atoms with Gasteiger partial charge in [-0.15, -0.1) is 11.8 Å². The summed E-state index contributed by atoms with van der Waals surface area (Å²) in [7, 11) is 0. The molecule has 0 radical (unpaired) electrons. The Morgan fingerprint density at radius 3 is 2.73 bits per heavy atom. The maximum atomic E-state index is 11.8. The van der Waals surface area contributed by atoms with Gasteiger partial charge in [0.15, 0.2) is 5.78 Å². The van der Waals surface area contributed by atoms with Crippen molar-refractivity contribution in [3.8, 4) is 6.07 Å². The zero-order chi connectivity index (χ0) is 18.8. The third-order valence-electron chi connectivity index (χ3n) is 4.03. The van der Waals surface area contributed by atoms with Gasteiger partial charge in [0.25, 0.3) is 0 Å². The molecule has 0 aliphatic rings. The van der Waals surface area contributed by atoms with Gasteiger partial charge < -0.3 is 4.42 Å². The van der Waals surface area contributed by atoms with Crippen LogP contribution in [0.4, 0.5) is 0 Å². The number of hydrogen-bond donors (Lipinski definition) is 0. The summed E-state index contributed by atoms with van der Waals surface area (Å²) in [5.41, 5.74) is 3.36. The Hall–Kier alpha value is -2.91. The first-order valence-corrected chi connectivity index (χ1v) is 8.96. The van der Waals surface area contributed by atoms with E-state index in [9.17, 15) is 14.9 Å². The van der Waals surface area contributed by atoms with Gasteiger partial charge in [-0.05, 0) is 44.0 Å². The molecule has 0 aliphatic heterocycles. The molecule has 3 aromatic rings. The van der Waals surface area contributed by atoms with Crippen molar-refractivity contribution in [1.29, 1.82) is 5.26 Å². The Morgan fingerprint density at radius 1 is 1.27 bits per heavy atom. The van der Waals surface area contributed by atoms with E-state index < -0.39 is 5.63 Å². The summed E-state index contributed by atoms with van der Waals surface area (Å²) in [6, 6.07) is 10.8. The van der Waals surface area contributed by atoms with Gasteiger partial charge in [-0.1, -0.05) is 12.1 Å². The van der Waals surface area contributed by atoms with E-state index in [-0.39, 0.29) is 5.78 Å². The van der Waals surface area contributed by atoms with Crippen molar-refractivity contribution in [2.45, 2.75) is 31.6 Å². The highest BCUT2D eigenvalue weighted by molar-refractivity contribution is 7.98. The summed E-state index contributed by atoms with van der Waals surface area (Å²) in [5.74, 6) is 0.344. The average molecular weight is 364 g/mol. The van der Waals surface area contributed by atoms with Crippen LogP contribution in [0.2, 0.25) is 0 Å². The van der Waals surface area contributed by atoms with E-state index >= 15 is 0 Å². The molecule has 0 saturated heterocycles. The fraction of sp³-hybridized carbons (Fsp3) is 0.200. The second-order valence-electron chi connectivity index (χ2n) is 6.02. The summed E-state index contributed by atoms with van der Waals surface area (Å²) >= 11 is 1.36. The van der Waals surface area contributed by atoms with Gasteiger partial charge in [0, 0.05) is 28.5 Å². The molecule has 5 nitrogen and oxygen atoms in total. The van der Waals surface area contributed by atoms with Gasteiger partial charge in [0.2, 0.25) is 0 Å². The van der Waals surface area contributed by atoms with Crippen molar-refractivity contribution < 1.29 is 9.21 Å². The van der Waals surface area contributed by atoms with Gasteiger partial charge >= 0.3 is 5.63 Å². The summed E-state index contributed by atoms with van der Waals surface area (Å²) in [4.78, 5) is 27.9. The van der Waals surface area contributed by atoms with E-state index in [1.807, 2.05) is 25.1 Å². The van der Waals surface area contributed by atoms with E-state index in [0.29, 0.717) is 33.2 Å². The molecular formula is C20H16N2O3S. The highest BCUT2D eigenvalue weighted by Gasteiger charge is 2.14. The van der Waals surface area contributed by atoms with Crippen molar-refractivity contribution in [2.24, 2.45) is 0 Å². The van der Waals surface area contributed by atoms with Crippen LogP contribution in [0.5, 0.6) is 0 Å². The molecule has 0 unspecified atom stereocenters. The molecule has 0 aliphatic carbocycles. The quantitative estimate of drug-likeness (QED) is 0.392. The summed E-state index contributed by atoms with van der Waals surface area (Å²) in [5, 5.41) is 10.8. The van der Waals surface area contributed by atoms with Crippen LogP contribution >= 0.6 is 11.8 Å². The number of rotatable bonds is 4. The van der Waals surface area contributed by atoms with Gasteiger partial charge in [-0.25, -0.2) is 9.78 Å². The average Bonchev–Trinajstić information content (AvgIpc) is 2.58. The first-order chi connectivity index (χ1) is 12.4. The van der Waals surface area contributed by atoms with E-state index in [1.165, 1.54) is 24.8 Å². The number of aromatic nitrogens is 1. The first kappa shape index (κ1) is 17.9. The molecule has 0 amide bonds. The Kier molecular flexibility index (Phi) is 4.92. The minimum Gasteiger partial charge on any atom is -0.423 e. The molecule has 0 fully saturated rings. The van der Waals surface area contributed by atoms with Crippen LogP contribution in [-0.2, 0) is 5.75 Å². The standard InChI is InChI=1S/C20H16N2O3S/c1-11-4-5-16-15(8-19(24)25-18(16)6-11)10-26-20-14(9-21)7-17(13(3)23)12(2)22-20/h4-8H,10H2,1-3H3. The minimum absolute atomic E-state index is 0.120. The zero-order valence-electron chi connectivity index (χ0n) is 14.6. The summed E-state index contributed by atoms with van der Waals surface area (Å²) in [6.45, 7) is 5.13. The van der Waals surface area contributed by atoms with Gasteiger partial charge in [0.05, 0.1) is 5.56 Å². The number of carbonyl (C=O) groups is 1. The number of nitrogens with zero attached hydrogens (tertiary/aromatic N) is 2. The van der Waals surface area contributed by atoms with E-state index in [1.54, 1.807) is 13.0 Å². The second kappa shape index (κ2) is 7.14. The molecule has 0 spiro atoms. The lowest BCUT2D eigenvalue weighted by molar-refractivity contribution is 0.101. The van der Waals surface area contributed by atoms with Crippen molar-refractivity contribution in [2.75, 3.05) is 0 Å². The summed E-state index contributed by atoms with van der Waals surface area (Å²) in [6.07, 6.45) is 0. The molecule has 0 atom stereocenters. The highest BCUT2D eigenvalue weighted by Crippen LogP contribution is 2.29. The normalized spacial score (nSPS) is 10.7. The smallest absolute Gasteiger partial charge is 0.336 e. The van der Waals surface area contributed by atoms with Crippen LogP contribution in [0.25, 0.3) is 11.0 Å². The second-order valence-corrected chi connectivity index (χ2v) is 6.99. The monoisotopic (exact) mass is 364 g/mol. The predicted octanol–water partition coefficient (Wildman–Crippen LogP) is 4.17. The molecule has 0 saturated carbocycles. The first-order valence-electron chi connectivity index (χ1n) is 7.98. The van der Waals surface area contributed by atoms with Crippen LogP contribution in [0.15, 0.2) is 44.6 Å². The van der Waals surface area contributed by atoms with Crippen molar-refractivity contribution in [3.63, 3.8) is 0 Å². The number of aryl methyl sites for hydroxylation is 2. The van der Waals surface area contributed by atoms with Crippen molar-refractivity contribution in [3.05, 3.63) is 68.7 Å². The number of pyridine rings is 1. The van der Waals surface area contributed by atoms with Crippen molar-refractivity contribution >= 4 is 28.5 Å². The third kappa shape index (κ3) is 3.53. The Balaban J connectivity index is 1.99. The minimum atomic E-state index is -0.407. The largest absolute Gasteiger partial charge is 0.423 e. The van der Waals surface area contributed by atoms with Crippen LogP contribution in [0.3, 0.4) is 0 Å². The lowest BCUT2D eigenvalue weighted by Gasteiger charge is -2.09. The third-order valence-corrected chi connectivity index (χ3v) is 5.07. The lowest BCUT2D eigenvalue weighted by atomic mass is 10.1. The SMILES string of the molecule is CC(=O)c1cc(C#N)c(SCc2cc(=O)oc3cc(C)ccc23)nc1C. The zero-order valence-corrected chi connectivity index (χ0v) is 15.4. The van der Waals surface area contributed by atoms with Gasteiger partial charge in [0.1, 0.15) is 16.7 Å². The molecule has 0 N–H and O–H groups in total. The van der Waals surface area contributed by atoms with Crippen LogP contribution in [0, 0.1) is 25.2 Å². The molecule has 2 aromatic heterocycles. The van der Waals surface area contributed by atoms with E-state index in [2.05, 4.69) is 11.1 Å². The number of nitriles is 1. The Bertz CT molecular complexity index is 1130. The lowest BCUT2D eigenvalue weighted by Crippen LogP contribution is -2.03. The van der Waals surface area contributed by atoms with Gasteiger partial charge in [-0.2, -0.15) is 5.26 Å². The molecule has 130 valence electrons. The Labute approximate surface area is 154 Å². The molecular weight excluding hydrogens is 348 g/mol. The number of thioether (sulfide) groups is 1. The number of hydrogen-bond acceptors (Lipinski definition) is 6. The van der Waals surface area contributed by atoms with Crippen molar-refractivity contribution in [1.82, 2.24) is 4.98 Å².